The molecule has 0 aliphatic carbocycles. The molecule has 2 amide bonds. The third-order valence-corrected chi connectivity index (χ3v) is 4.31. The molecule has 0 radical (unpaired) electrons. The molecule has 0 bridgehead atoms. The summed E-state index contributed by atoms with van der Waals surface area (Å²) in [6, 6.07) is 9.86. The second-order valence-corrected chi connectivity index (χ2v) is 6.07. The van der Waals surface area contributed by atoms with Gasteiger partial charge in [0, 0.05) is 25.5 Å². The van der Waals surface area contributed by atoms with Crippen LogP contribution in [0.4, 0.5) is 4.79 Å². The van der Waals surface area contributed by atoms with E-state index in [1.807, 2.05) is 29.0 Å². The van der Waals surface area contributed by atoms with E-state index in [1.54, 1.807) is 6.20 Å². The number of carboxylic acids is 1. The van der Waals surface area contributed by atoms with Crippen molar-refractivity contribution >= 4 is 12.0 Å². The number of urea groups is 1. The Hall–Kier alpha value is -2.87. The monoisotopic (exact) mass is 358 g/mol. The number of aromatic nitrogens is 2. The lowest BCUT2D eigenvalue weighted by Crippen LogP contribution is -2.51. The molecule has 1 aromatic heterocycles. The van der Waals surface area contributed by atoms with Crippen molar-refractivity contribution in [3.05, 3.63) is 54.1 Å². The van der Waals surface area contributed by atoms with Gasteiger partial charge in [-0.2, -0.15) is 0 Å². The van der Waals surface area contributed by atoms with Gasteiger partial charge in [0.1, 0.15) is 5.82 Å². The Bertz CT molecular complexity index is 747. The summed E-state index contributed by atoms with van der Waals surface area (Å²) in [5.74, 6) is -0.295. The molecule has 2 N–H and O–H groups in total. The summed E-state index contributed by atoms with van der Waals surface area (Å²) < 4.78 is 7.13. The molecule has 2 aromatic rings. The van der Waals surface area contributed by atoms with Gasteiger partial charge in [-0.05, 0) is 12.0 Å². The van der Waals surface area contributed by atoms with Crippen LogP contribution in [0.2, 0.25) is 0 Å². The molecule has 26 heavy (non-hydrogen) atoms. The fourth-order valence-corrected chi connectivity index (χ4v) is 2.85. The second-order valence-electron chi connectivity index (χ2n) is 6.07. The summed E-state index contributed by atoms with van der Waals surface area (Å²) in [5.41, 5.74) is 1.24. The number of nitrogens with one attached hydrogen (secondary N) is 1. The third-order valence-electron chi connectivity index (χ3n) is 4.31. The Kier molecular flexibility index (Phi) is 5.85. The molecular weight excluding hydrogens is 336 g/mol. The number of carbonyl (C=O) groups is 2. The lowest BCUT2D eigenvalue weighted by atomic mass is 10.1. The number of amides is 2. The predicted octanol–water partition coefficient (Wildman–Crippen LogP) is 1.12. The van der Waals surface area contributed by atoms with Crippen molar-refractivity contribution in [1.82, 2.24) is 19.8 Å². The minimum Gasteiger partial charge on any atom is -0.479 e. The van der Waals surface area contributed by atoms with Crippen molar-refractivity contribution in [2.75, 3.05) is 19.7 Å². The summed E-state index contributed by atoms with van der Waals surface area (Å²) >= 11 is 0. The highest BCUT2D eigenvalue weighted by Gasteiger charge is 2.28. The van der Waals surface area contributed by atoms with E-state index in [1.165, 1.54) is 10.5 Å². The zero-order valence-corrected chi connectivity index (χ0v) is 14.4. The number of hydrogen-bond donors (Lipinski definition) is 2. The van der Waals surface area contributed by atoms with Gasteiger partial charge in [0.2, 0.25) is 0 Å². The number of imidazole rings is 1. The highest BCUT2D eigenvalue weighted by molar-refractivity contribution is 5.77. The van der Waals surface area contributed by atoms with Crippen LogP contribution in [0.15, 0.2) is 42.7 Å². The van der Waals surface area contributed by atoms with E-state index < -0.39 is 12.1 Å². The summed E-state index contributed by atoms with van der Waals surface area (Å²) in [6.07, 6.45) is 3.51. The zero-order valence-electron chi connectivity index (χ0n) is 14.4. The fourth-order valence-electron chi connectivity index (χ4n) is 2.85. The average Bonchev–Trinajstić information content (AvgIpc) is 3.12. The summed E-state index contributed by atoms with van der Waals surface area (Å²) in [4.78, 5) is 29.0. The van der Waals surface area contributed by atoms with Crippen molar-refractivity contribution in [1.29, 1.82) is 0 Å². The van der Waals surface area contributed by atoms with Gasteiger partial charge in [-0.25, -0.2) is 14.6 Å². The molecule has 138 valence electrons. The van der Waals surface area contributed by atoms with Crippen LogP contribution in [0.1, 0.15) is 11.4 Å². The van der Waals surface area contributed by atoms with Crippen molar-refractivity contribution in [3.63, 3.8) is 0 Å². The topological polar surface area (TPSA) is 96.7 Å². The number of rotatable bonds is 6. The Balaban J connectivity index is 1.51. The van der Waals surface area contributed by atoms with Crippen LogP contribution in [0.3, 0.4) is 0 Å². The molecule has 8 heteroatoms. The van der Waals surface area contributed by atoms with Crippen LogP contribution < -0.4 is 5.32 Å². The number of nitrogens with zero attached hydrogens (tertiary/aromatic N) is 3. The van der Waals surface area contributed by atoms with Gasteiger partial charge >= 0.3 is 12.0 Å². The molecule has 1 atom stereocenters. The Morgan fingerprint density at radius 2 is 2.12 bits per heavy atom. The fraction of sp³-hybridized carbons (Fsp3) is 0.389. The molecule has 1 saturated heterocycles. The van der Waals surface area contributed by atoms with Crippen LogP contribution in [-0.4, -0.2) is 57.4 Å². The number of aryl methyl sites for hydroxylation is 2. The number of carboxylic acid groups (broad SMARTS) is 1. The van der Waals surface area contributed by atoms with E-state index in [-0.39, 0.29) is 25.7 Å². The molecular formula is C18H22N4O4. The lowest BCUT2D eigenvalue weighted by Gasteiger charge is -2.30. The van der Waals surface area contributed by atoms with Crippen LogP contribution in [0.5, 0.6) is 0 Å². The maximum absolute atomic E-state index is 12.3. The summed E-state index contributed by atoms with van der Waals surface area (Å²) in [6.45, 7) is 1.70. The van der Waals surface area contributed by atoms with Gasteiger partial charge in [0.05, 0.1) is 19.7 Å². The SMILES string of the molecule is O=C(O)C1CN(C(=O)NCc2nccn2CCc2ccccc2)CCO1. The molecule has 1 aliphatic rings. The quantitative estimate of drug-likeness (QED) is 0.807. The molecule has 0 saturated carbocycles. The number of aliphatic carboxylic acids is 1. The number of hydrogen-bond acceptors (Lipinski definition) is 4. The molecule has 0 spiro atoms. The van der Waals surface area contributed by atoms with Gasteiger partial charge in [-0.3, -0.25) is 0 Å². The first kappa shape index (κ1) is 17.9. The Labute approximate surface area is 151 Å². The normalized spacial score (nSPS) is 17.1. The molecule has 1 aromatic carbocycles. The minimum atomic E-state index is -1.06. The van der Waals surface area contributed by atoms with Crippen LogP contribution in [0.25, 0.3) is 0 Å². The predicted molar refractivity (Wildman–Crippen MR) is 93.6 cm³/mol. The Morgan fingerprint density at radius 3 is 2.88 bits per heavy atom. The standard InChI is InChI=1S/C18H22N4O4/c23-17(24)15-13-22(10-11-26-15)18(25)20-12-16-19-7-9-21(16)8-6-14-4-2-1-3-5-14/h1-5,7,9,15H,6,8,10-13H2,(H,20,25)(H,23,24). The van der Waals surface area contributed by atoms with E-state index in [4.69, 9.17) is 9.84 Å². The van der Waals surface area contributed by atoms with E-state index >= 15 is 0 Å². The largest absolute Gasteiger partial charge is 0.479 e. The van der Waals surface area contributed by atoms with Crippen molar-refractivity contribution < 1.29 is 19.4 Å². The molecule has 3 rings (SSSR count). The second kappa shape index (κ2) is 8.48. The van der Waals surface area contributed by atoms with E-state index in [0.717, 1.165) is 18.8 Å². The lowest BCUT2D eigenvalue weighted by molar-refractivity contribution is -0.154. The van der Waals surface area contributed by atoms with Gasteiger partial charge in [0.25, 0.3) is 0 Å². The molecule has 1 aliphatic heterocycles. The summed E-state index contributed by atoms with van der Waals surface area (Å²) in [5, 5.41) is 11.8. The first-order valence-electron chi connectivity index (χ1n) is 8.54. The van der Waals surface area contributed by atoms with Crippen molar-refractivity contribution in [2.24, 2.45) is 0 Å². The first-order chi connectivity index (χ1) is 12.6. The maximum atomic E-state index is 12.3. The molecule has 1 unspecified atom stereocenters. The Morgan fingerprint density at radius 1 is 1.31 bits per heavy atom. The summed E-state index contributed by atoms with van der Waals surface area (Å²) in [7, 11) is 0. The zero-order chi connectivity index (χ0) is 18.4. The number of carbonyl (C=O) groups excluding carboxylic acids is 1. The minimum absolute atomic E-state index is 0.0453. The van der Waals surface area contributed by atoms with Gasteiger partial charge in [-0.15, -0.1) is 0 Å². The van der Waals surface area contributed by atoms with Crippen molar-refractivity contribution in [3.8, 4) is 0 Å². The van der Waals surface area contributed by atoms with Crippen LogP contribution in [0, 0.1) is 0 Å². The molecule has 1 fully saturated rings. The highest BCUT2D eigenvalue weighted by Crippen LogP contribution is 2.07. The van der Waals surface area contributed by atoms with E-state index in [2.05, 4.69) is 22.4 Å². The number of ether oxygens (including phenoxy) is 1. The average molecular weight is 358 g/mol. The van der Waals surface area contributed by atoms with E-state index in [0.29, 0.717) is 6.54 Å². The highest BCUT2D eigenvalue weighted by atomic mass is 16.5. The van der Waals surface area contributed by atoms with Gasteiger partial charge in [-0.1, -0.05) is 30.3 Å². The molecule has 8 nitrogen and oxygen atoms in total. The van der Waals surface area contributed by atoms with Crippen LogP contribution >= 0.6 is 0 Å². The molecule has 2 heterocycles. The number of benzene rings is 1. The van der Waals surface area contributed by atoms with Gasteiger partial charge in [0.15, 0.2) is 6.10 Å². The van der Waals surface area contributed by atoms with Crippen LogP contribution in [-0.2, 0) is 29.0 Å². The third kappa shape index (κ3) is 4.60. The van der Waals surface area contributed by atoms with Gasteiger partial charge < -0.3 is 24.6 Å². The van der Waals surface area contributed by atoms with E-state index in [9.17, 15) is 9.59 Å². The maximum Gasteiger partial charge on any atom is 0.334 e. The number of morpholine rings is 1. The van der Waals surface area contributed by atoms with Crippen molar-refractivity contribution in [2.45, 2.75) is 25.6 Å². The smallest absolute Gasteiger partial charge is 0.334 e. The first-order valence-corrected chi connectivity index (χ1v) is 8.54.